The van der Waals surface area contributed by atoms with Gasteiger partial charge in [-0.05, 0) is 74.7 Å². The molecule has 1 aliphatic rings. The summed E-state index contributed by atoms with van der Waals surface area (Å²) in [5.74, 6) is -2.95. The SMILES string of the molecule is C=C(OCC)C(=O)Nc1cc(C(F)(F)F)c(Oc2ccc3[nH]cc(C4CCNCC4)c3c2)c(C(F)(F)F)c1. The Bertz CT molecular complexity index is 1310. The molecule has 204 valence electrons. The molecule has 4 rings (SSSR count). The number of aromatic amines is 1. The van der Waals surface area contributed by atoms with Crippen LogP contribution in [-0.4, -0.2) is 30.6 Å². The van der Waals surface area contributed by atoms with Gasteiger partial charge in [-0.3, -0.25) is 4.79 Å². The molecule has 0 spiro atoms. The van der Waals surface area contributed by atoms with Gasteiger partial charge in [-0.2, -0.15) is 26.3 Å². The number of alkyl halides is 6. The van der Waals surface area contributed by atoms with E-state index < -0.39 is 46.6 Å². The summed E-state index contributed by atoms with van der Waals surface area (Å²) in [6.45, 7) is 6.48. The molecule has 0 bridgehead atoms. The molecule has 3 aromatic rings. The molecule has 0 unspecified atom stereocenters. The fourth-order valence-electron chi connectivity index (χ4n) is 4.45. The van der Waals surface area contributed by atoms with E-state index in [0.717, 1.165) is 31.5 Å². The van der Waals surface area contributed by atoms with Gasteiger partial charge >= 0.3 is 12.4 Å². The molecule has 2 heterocycles. The molecule has 1 aliphatic heterocycles. The Morgan fingerprint density at radius 1 is 1.05 bits per heavy atom. The summed E-state index contributed by atoms with van der Waals surface area (Å²) in [6.07, 6.45) is -6.97. The van der Waals surface area contributed by atoms with E-state index in [4.69, 9.17) is 9.47 Å². The number of nitrogens with one attached hydrogen (secondary N) is 3. The summed E-state index contributed by atoms with van der Waals surface area (Å²) in [4.78, 5) is 15.2. The van der Waals surface area contributed by atoms with E-state index in [9.17, 15) is 31.1 Å². The van der Waals surface area contributed by atoms with Gasteiger partial charge in [0.1, 0.15) is 16.9 Å². The second kappa shape index (κ2) is 10.6. The molecule has 0 aliphatic carbocycles. The highest BCUT2D eigenvalue weighted by Gasteiger charge is 2.43. The maximum atomic E-state index is 14.0. The van der Waals surface area contributed by atoms with Crippen molar-refractivity contribution in [1.29, 1.82) is 0 Å². The van der Waals surface area contributed by atoms with Crippen LogP contribution in [0.4, 0.5) is 32.0 Å². The number of piperidine rings is 1. The minimum atomic E-state index is -5.23. The molecule has 1 fully saturated rings. The first-order valence-corrected chi connectivity index (χ1v) is 11.8. The molecule has 3 N–H and O–H groups in total. The highest BCUT2D eigenvalue weighted by molar-refractivity contribution is 6.02. The van der Waals surface area contributed by atoms with Gasteiger partial charge < -0.3 is 25.1 Å². The zero-order chi connectivity index (χ0) is 27.7. The summed E-state index contributed by atoms with van der Waals surface area (Å²) in [5, 5.41) is 5.89. The summed E-state index contributed by atoms with van der Waals surface area (Å²) in [5.41, 5.74) is -2.52. The maximum Gasteiger partial charge on any atom is 0.420 e. The van der Waals surface area contributed by atoms with Gasteiger partial charge in [-0.15, -0.1) is 0 Å². The van der Waals surface area contributed by atoms with Crippen molar-refractivity contribution in [2.75, 3.05) is 25.0 Å². The number of aromatic nitrogens is 1. The summed E-state index contributed by atoms with van der Waals surface area (Å²) in [7, 11) is 0. The van der Waals surface area contributed by atoms with Gasteiger partial charge in [0, 0.05) is 22.8 Å². The van der Waals surface area contributed by atoms with E-state index >= 15 is 0 Å². The monoisotopic (exact) mass is 541 g/mol. The molecule has 2 aromatic carbocycles. The third-order valence-corrected chi connectivity index (χ3v) is 6.21. The van der Waals surface area contributed by atoms with Crippen molar-refractivity contribution in [2.24, 2.45) is 0 Å². The van der Waals surface area contributed by atoms with E-state index in [1.54, 1.807) is 12.3 Å². The first-order valence-electron chi connectivity index (χ1n) is 11.8. The van der Waals surface area contributed by atoms with E-state index in [2.05, 4.69) is 16.9 Å². The molecule has 6 nitrogen and oxygen atoms in total. The number of hydrogen-bond acceptors (Lipinski definition) is 4. The molecular weight excluding hydrogens is 516 g/mol. The van der Waals surface area contributed by atoms with Crippen LogP contribution >= 0.6 is 0 Å². The molecule has 0 radical (unpaired) electrons. The molecule has 12 heteroatoms. The normalized spacial score (nSPS) is 14.9. The zero-order valence-electron chi connectivity index (χ0n) is 20.3. The Kier molecular flexibility index (Phi) is 7.63. The number of fused-ring (bicyclic) bond motifs is 1. The van der Waals surface area contributed by atoms with Gasteiger partial charge in [-0.25, -0.2) is 0 Å². The van der Waals surface area contributed by atoms with Crippen LogP contribution in [-0.2, 0) is 21.9 Å². The number of ether oxygens (including phenoxy) is 2. The Balaban J connectivity index is 1.77. The number of H-pyrrole nitrogens is 1. The van der Waals surface area contributed by atoms with Crippen molar-refractivity contribution >= 4 is 22.5 Å². The van der Waals surface area contributed by atoms with E-state index in [0.29, 0.717) is 23.0 Å². The Morgan fingerprint density at radius 2 is 1.68 bits per heavy atom. The predicted octanol–water partition coefficient (Wildman–Crippen LogP) is 6.95. The number of carbonyl (C=O) groups excluding carboxylic acids is 1. The fraction of sp³-hybridized carbons (Fsp3) is 0.346. The van der Waals surface area contributed by atoms with E-state index in [1.165, 1.54) is 19.1 Å². The average Bonchev–Trinajstić information content (AvgIpc) is 3.27. The number of rotatable bonds is 7. The van der Waals surface area contributed by atoms with Crippen LogP contribution in [0.15, 0.2) is 48.9 Å². The third kappa shape index (κ3) is 5.90. The largest absolute Gasteiger partial charge is 0.489 e. The van der Waals surface area contributed by atoms with Crippen molar-refractivity contribution in [1.82, 2.24) is 10.3 Å². The van der Waals surface area contributed by atoms with Crippen molar-refractivity contribution in [3.05, 3.63) is 65.6 Å². The van der Waals surface area contributed by atoms with Gasteiger partial charge in [0.25, 0.3) is 5.91 Å². The lowest BCUT2D eigenvalue weighted by molar-refractivity contribution is -0.145. The molecule has 0 saturated carbocycles. The molecule has 1 aromatic heterocycles. The standard InChI is InChI=1S/C26H25F6N3O3/c1-3-37-14(2)24(36)35-16-10-20(25(27,28)29)23(21(11-16)26(30,31)32)38-17-4-5-22-18(12-17)19(13-34-22)15-6-8-33-9-7-15/h4-5,10-13,15,33-34H,2-3,6-9H2,1H3,(H,35,36). The van der Waals surface area contributed by atoms with Gasteiger partial charge in [0.15, 0.2) is 11.5 Å². The van der Waals surface area contributed by atoms with Crippen molar-refractivity contribution in [2.45, 2.75) is 38.0 Å². The maximum absolute atomic E-state index is 14.0. The van der Waals surface area contributed by atoms with Crippen LogP contribution in [0.5, 0.6) is 11.5 Å². The van der Waals surface area contributed by atoms with Gasteiger partial charge in [0.05, 0.1) is 6.61 Å². The molecule has 38 heavy (non-hydrogen) atoms. The molecule has 1 amide bonds. The number of halogens is 6. The smallest absolute Gasteiger partial charge is 0.420 e. The van der Waals surface area contributed by atoms with Crippen molar-refractivity contribution < 1.29 is 40.6 Å². The minimum Gasteiger partial charge on any atom is -0.489 e. The number of amides is 1. The van der Waals surface area contributed by atoms with E-state index in [-0.39, 0.29) is 18.3 Å². The second-order valence-corrected chi connectivity index (χ2v) is 8.78. The zero-order valence-corrected chi connectivity index (χ0v) is 20.3. The average molecular weight is 541 g/mol. The van der Waals surface area contributed by atoms with Crippen molar-refractivity contribution in [3.63, 3.8) is 0 Å². The first-order chi connectivity index (χ1) is 17.9. The Morgan fingerprint density at radius 3 is 2.26 bits per heavy atom. The van der Waals surface area contributed by atoms with Gasteiger partial charge in [-0.1, -0.05) is 6.58 Å². The van der Waals surface area contributed by atoms with Crippen LogP contribution in [0, 0.1) is 0 Å². The van der Waals surface area contributed by atoms with E-state index in [1.807, 2.05) is 5.32 Å². The number of benzene rings is 2. The Hall–Kier alpha value is -3.67. The number of hydrogen-bond donors (Lipinski definition) is 3. The number of carbonyl (C=O) groups is 1. The highest BCUT2D eigenvalue weighted by Crippen LogP contribution is 2.48. The lowest BCUT2D eigenvalue weighted by Gasteiger charge is -2.22. The van der Waals surface area contributed by atoms with Crippen LogP contribution < -0.4 is 15.4 Å². The predicted molar refractivity (Wildman–Crippen MR) is 129 cm³/mol. The van der Waals surface area contributed by atoms with Crippen LogP contribution in [0.3, 0.4) is 0 Å². The van der Waals surface area contributed by atoms with Crippen LogP contribution in [0.25, 0.3) is 10.9 Å². The lowest BCUT2D eigenvalue weighted by atomic mass is 9.90. The Labute approximate surface area is 214 Å². The van der Waals surface area contributed by atoms with Crippen molar-refractivity contribution in [3.8, 4) is 11.5 Å². The van der Waals surface area contributed by atoms with Crippen LogP contribution in [0.1, 0.15) is 42.4 Å². The molecular formula is C26H25F6N3O3. The molecule has 1 saturated heterocycles. The van der Waals surface area contributed by atoms with Gasteiger partial charge in [0.2, 0.25) is 0 Å². The molecule has 0 atom stereocenters. The van der Waals surface area contributed by atoms with Crippen LogP contribution in [0.2, 0.25) is 0 Å². The lowest BCUT2D eigenvalue weighted by Crippen LogP contribution is -2.26. The summed E-state index contributed by atoms with van der Waals surface area (Å²) >= 11 is 0. The first kappa shape index (κ1) is 27.4. The quantitative estimate of drug-likeness (QED) is 0.172. The third-order valence-electron chi connectivity index (χ3n) is 6.21. The topological polar surface area (TPSA) is 75.4 Å². The fourth-order valence-corrected chi connectivity index (χ4v) is 4.45. The summed E-state index contributed by atoms with van der Waals surface area (Å²) < 4.78 is 94.3. The highest BCUT2D eigenvalue weighted by atomic mass is 19.4. The second-order valence-electron chi connectivity index (χ2n) is 8.78. The number of anilines is 1. The summed E-state index contributed by atoms with van der Waals surface area (Å²) in [6, 6.07) is 5.05. The minimum absolute atomic E-state index is 0.0332.